The van der Waals surface area contributed by atoms with Gasteiger partial charge in [0.1, 0.15) is 18.0 Å². The number of nitrogens with one attached hydrogen (secondary N) is 1. The van der Waals surface area contributed by atoms with Gasteiger partial charge in [0.25, 0.3) is 0 Å². The van der Waals surface area contributed by atoms with E-state index in [1.807, 2.05) is 48.5 Å². The molecule has 0 atom stereocenters. The van der Waals surface area contributed by atoms with Gasteiger partial charge in [0.2, 0.25) is 5.91 Å². The molecule has 0 aliphatic rings. The van der Waals surface area contributed by atoms with Gasteiger partial charge in [-0.05, 0) is 30.3 Å². The van der Waals surface area contributed by atoms with E-state index in [2.05, 4.69) is 20.5 Å². The van der Waals surface area contributed by atoms with Gasteiger partial charge in [0.05, 0.1) is 36.6 Å². The summed E-state index contributed by atoms with van der Waals surface area (Å²) in [4.78, 5) is 16.6. The predicted molar refractivity (Wildman–Crippen MR) is 104 cm³/mol. The number of anilines is 1. The first-order valence-corrected chi connectivity index (χ1v) is 8.65. The van der Waals surface area contributed by atoms with Crippen LogP contribution in [0, 0.1) is 0 Å². The third-order valence-electron chi connectivity index (χ3n) is 4.06. The van der Waals surface area contributed by atoms with Crippen LogP contribution in [-0.2, 0) is 11.3 Å². The summed E-state index contributed by atoms with van der Waals surface area (Å²) in [5, 5.41) is 11.5. The smallest absolute Gasteiger partial charge is 0.246 e. The first kappa shape index (κ1) is 17.5. The lowest BCUT2D eigenvalue weighted by atomic mass is 10.3. The van der Waals surface area contributed by atoms with Gasteiger partial charge in [0.15, 0.2) is 0 Å². The molecule has 1 N–H and O–H groups in total. The maximum Gasteiger partial charge on any atom is 0.246 e. The van der Waals surface area contributed by atoms with E-state index in [0.717, 1.165) is 22.8 Å². The number of aromatic nitrogens is 5. The van der Waals surface area contributed by atoms with Crippen molar-refractivity contribution in [2.45, 2.75) is 6.54 Å². The summed E-state index contributed by atoms with van der Waals surface area (Å²) >= 11 is 0. The Labute approximate surface area is 161 Å². The summed E-state index contributed by atoms with van der Waals surface area (Å²) in [6, 6.07) is 15.0. The molecule has 0 unspecified atom stereocenters. The van der Waals surface area contributed by atoms with Crippen LogP contribution in [0.15, 0.2) is 73.3 Å². The highest BCUT2D eigenvalue weighted by Gasteiger charge is 2.09. The van der Waals surface area contributed by atoms with Crippen LogP contribution in [0.2, 0.25) is 0 Å². The van der Waals surface area contributed by atoms with Gasteiger partial charge >= 0.3 is 0 Å². The zero-order valence-electron chi connectivity index (χ0n) is 15.2. The van der Waals surface area contributed by atoms with E-state index in [1.54, 1.807) is 41.3 Å². The van der Waals surface area contributed by atoms with Crippen LogP contribution in [0.3, 0.4) is 0 Å². The monoisotopic (exact) mass is 374 g/mol. The number of carbonyl (C=O) groups excluding carboxylic acids is 1. The maximum atomic E-state index is 12.3. The molecule has 0 fully saturated rings. The molecule has 4 aromatic rings. The van der Waals surface area contributed by atoms with Crippen LogP contribution in [0.1, 0.15) is 0 Å². The molecule has 4 rings (SSSR count). The zero-order chi connectivity index (χ0) is 19.3. The third kappa shape index (κ3) is 3.90. The Balaban J connectivity index is 1.41. The highest BCUT2D eigenvalue weighted by atomic mass is 16.5. The molecule has 0 aliphatic carbocycles. The lowest BCUT2D eigenvalue weighted by molar-refractivity contribution is -0.116. The first-order chi connectivity index (χ1) is 13.7. The second kappa shape index (κ2) is 7.75. The van der Waals surface area contributed by atoms with E-state index in [-0.39, 0.29) is 12.5 Å². The molecule has 0 bridgehead atoms. The molecule has 0 radical (unpaired) electrons. The number of amides is 1. The normalized spacial score (nSPS) is 10.6. The summed E-state index contributed by atoms with van der Waals surface area (Å²) in [5.74, 6) is 0.543. The van der Waals surface area contributed by atoms with E-state index in [0.29, 0.717) is 5.69 Å². The minimum atomic E-state index is -0.194. The van der Waals surface area contributed by atoms with Crippen molar-refractivity contribution in [3.8, 4) is 22.8 Å². The highest BCUT2D eigenvalue weighted by molar-refractivity contribution is 5.90. The SMILES string of the molecule is COc1cccc(-n2cc(NC(=O)Cn3ccc(-c4ccccn4)n3)cn2)c1. The Morgan fingerprint density at radius 1 is 1.14 bits per heavy atom. The van der Waals surface area contributed by atoms with Crippen LogP contribution in [0.5, 0.6) is 5.75 Å². The van der Waals surface area contributed by atoms with Crippen molar-refractivity contribution in [3.63, 3.8) is 0 Å². The topological polar surface area (TPSA) is 86.9 Å². The molecule has 3 aromatic heterocycles. The maximum absolute atomic E-state index is 12.3. The van der Waals surface area contributed by atoms with E-state index >= 15 is 0 Å². The Bertz CT molecular complexity index is 1090. The van der Waals surface area contributed by atoms with Crippen molar-refractivity contribution in [1.29, 1.82) is 0 Å². The zero-order valence-corrected chi connectivity index (χ0v) is 15.2. The van der Waals surface area contributed by atoms with Gasteiger partial charge in [-0.1, -0.05) is 12.1 Å². The average molecular weight is 374 g/mol. The average Bonchev–Trinajstić information content (AvgIpc) is 3.38. The highest BCUT2D eigenvalue weighted by Crippen LogP contribution is 2.18. The molecule has 1 aromatic carbocycles. The molecule has 8 nitrogen and oxygen atoms in total. The van der Waals surface area contributed by atoms with Crippen LogP contribution in [0.4, 0.5) is 5.69 Å². The van der Waals surface area contributed by atoms with Gasteiger partial charge in [-0.15, -0.1) is 0 Å². The molecule has 28 heavy (non-hydrogen) atoms. The molecular formula is C20H18N6O2. The van der Waals surface area contributed by atoms with Crippen molar-refractivity contribution >= 4 is 11.6 Å². The van der Waals surface area contributed by atoms with Crippen molar-refractivity contribution in [3.05, 3.63) is 73.3 Å². The van der Waals surface area contributed by atoms with Crippen molar-refractivity contribution < 1.29 is 9.53 Å². The Hall–Kier alpha value is -3.94. The van der Waals surface area contributed by atoms with Crippen LogP contribution >= 0.6 is 0 Å². The number of methoxy groups -OCH3 is 1. The van der Waals surface area contributed by atoms with Gasteiger partial charge in [-0.2, -0.15) is 10.2 Å². The van der Waals surface area contributed by atoms with Crippen molar-refractivity contribution in [2.24, 2.45) is 0 Å². The molecule has 140 valence electrons. The van der Waals surface area contributed by atoms with Crippen LogP contribution in [0.25, 0.3) is 17.1 Å². The van der Waals surface area contributed by atoms with Crippen LogP contribution in [-0.4, -0.2) is 37.6 Å². The quantitative estimate of drug-likeness (QED) is 0.561. The summed E-state index contributed by atoms with van der Waals surface area (Å²) in [7, 11) is 1.61. The number of hydrogen-bond acceptors (Lipinski definition) is 5. The Kier molecular flexibility index (Phi) is 4.83. The number of ether oxygens (including phenoxy) is 1. The number of nitrogens with zero attached hydrogens (tertiary/aromatic N) is 5. The third-order valence-corrected chi connectivity index (χ3v) is 4.06. The van der Waals surface area contributed by atoms with E-state index in [4.69, 9.17) is 4.74 Å². The van der Waals surface area contributed by atoms with Gasteiger partial charge in [-0.25, -0.2) is 4.68 Å². The largest absolute Gasteiger partial charge is 0.497 e. The molecule has 8 heteroatoms. The van der Waals surface area contributed by atoms with E-state index in [9.17, 15) is 4.79 Å². The molecule has 3 heterocycles. The molecular weight excluding hydrogens is 356 g/mol. The van der Waals surface area contributed by atoms with Gasteiger partial charge < -0.3 is 10.1 Å². The first-order valence-electron chi connectivity index (χ1n) is 8.65. The number of rotatable bonds is 6. The number of hydrogen-bond donors (Lipinski definition) is 1. The van der Waals surface area contributed by atoms with E-state index in [1.165, 1.54) is 0 Å². The standard InChI is InChI=1S/C20H18N6O2/c1-28-17-6-4-5-16(11-17)26-13-15(12-22-26)23-20(27)14-25-10-8-19(24-25)18-7-2-3-9-21-18/h2-13H,14H2,1H3,(H,23,27). The van der Waals surface area contributed by atoms with Crippen molar-refractivity contribution in [2.75, 3.05) is 12.4 Å². The summed E-state index contributed by atoms with van der Waals surface area (Å²) < 4.78 is 8.47. The van der Waals surface area contributed by atoms with E-state index < -0.39 is 0 Å². The van der Waals surface area contributed by atoms with Gasteiger partial charge in [0, 0.05) is 18.5 Å². The molecule has 0 saturated heterocycles. The lowest BCUT2D eigenvalue weighted by Crippen LogP contribution is -2.18. The molecule has 0 aliphatic heterocycles. The summed E-state index contributed by atoms with van der Waals surface area (Å²) in [6.45, 7) is 0.0944. The predicted octanol–water partition coefficient (Wildman–Crippen LogP) is 2.78. The lowest BCUT2D eigenvalue weighted by Gasteiger charge is -2.04. The molecule has 0 saturated carbocycles. The fourth-order valence-electron chi connectivity index (χ4n) is 2.73. The number of carbonyl (C=O) groups is 1. The number of pyridine rings is 1. The van der Waals surface area contributed by atoms with Crippen LogP contribution < -0.4 is 10.1 Å². The summed E-state index contributed by atoms with van der Waals surface area (Å²) in [5.41, 5.74) is 2.93. The second-order valence-electron chi connectivity index (χ2n) is 6.04. The Morgan fingerprint density at radius 3 is 2.89 bits per heavy atom. The Morgan fingerprint density at radius 2 is 2.07 bits per heavy atom. The van der Waals surface area contributed by atoms with Gasteiger partial charge in [-0.3, -0.25) is 14.5 Å². The fraction of sp³-hybridized carbons (Fsp3) is 0.100. The minimum absolute atomic E-state index is 0.0944. The van der Waals surface area contributed by atoms with Crippen molar-refractivity contribution in [1.82, 2.24) is 24.5 Å². The minimum Gasteiger partial charge on any atom is -0.497 e. The number of benzene rings is 1. The fourth-order valence-corrected chi connectivity index (χ4v) is 2.73. The summed E-state index contributed by atoms with van der Waals surface area (Å²) in [6.07, 6.45) is 6.80. The molecule has 1 amide bonds. The molecule has 0 spiro atoms. The second-order valence-corrected chi connectivity index (χ2v) is 6.04.